The van der Waals surface area contributed by atoms with Crippen LogP contribution in [0.2, 0.25) is 0 Å². The first-order valence-corrected chi connectivity index (χ1v) is 7.07. The van der Waals surface area contributed by atoms with E-state index in [-0.39, 0.29) is 22.6 Å². The minimum Gasteiger partial charge on any atom is -0.319 e. The third kappa shape index (κ3) is 3.50. The zero-order chi connectivity index (χ0) is 17.8. The molecule has 0 aliphatic rings. The van der Waals surface area contributed by atoms with Gasteiger partial charge in [-0.3, -0.25) is 24.3 Å². The van der Waals surface area contributed by atoms with Crippen molar-refractivity contribution < 1.29 is 9.72 Å². The Kier molecular flexibility index (Phi) is 4.21. The number of non-ortho nitro benzene ring substituents is 1. The molecule has 0 saturated heterocycles. The lowest BCUT2D eigenvalue weighted by molar-refractivity contribution is -0.384. The molecule has 25 heavy (non-hydrogen) atoms. The van der Waals surface area contributed by atoms with Crippen LogP contribution in [0.3, 0.4) is 0 Å². The van der Waals surface area contributed by atoms with E-state index in [2.05, 4.69) is 15.5 Å². The molecule has 0 radical (unpaired) electrons. The molecule has 124 valence electrons. The molecule has 0 fully saturated rings. The Morgan fingerprint density at radius 1 is 1.32 bits per heavy atom. The molecule has 0 unspecified atom stereocenters. The number of hydrogen-bond donors (Lipinski definition) is 1. The number of nitriles is 1. The molecule has 0 bridgehead atoms. The van der Waals surface area contributed by atoms with Crippen LogP contribution in [-0.4, -0.2) is 30.4 Å². The van der Waals surface area contributed by atoms with Crippen LogP contribution < -0.4 is 5.32 Å². The average molecular weight is 337 g/mol. The fourth-order valence-corrected chi connectivity index (χ4v) is 2.13. The van der Waals surface area contributed by atoms with Gasteiger partial charge in [-0.2, -0.15) is 15.5 Å². The minimum absolute atomic E-state index is 0.00137. The Morgan fingerprint density at radius 2 is 2.16 bits per heavy atom. The Bertz CT molecular complexity index is 969. The van der Waals surface area contributed by atoms with Gasteiger partial charge < -0.3 is 5.32 Å². The SMILES string of the molecule is N#Cc1cc([N+](=O)[O-])ccc1NC(=O)c1ccn(Cn2cccn2)n1. The Hall–Kier alpha value is -4.00. The summed E-state index contributed by atoms with van der Waals surface area (Å²) in [5.74, 6) is -0.524. The summed E-state index contributed by atoms with van der Waals surface area (Å²) in [4.78, 5) is 22.4. The molecule has 3 rings (SSSR count). The number of nitrogens with zero attached hydrogens (tertiary/aromatic N) is 6. The molecule has 2 aromatic heterocycles. The monoisotopic (exact) mass is 337 g/mol. The van der Waals surface area contributed by atoms with E-state index in [0.717, 1.165) is 6.07 Å². The topological polar surface area (TPSA) is 132 Å². The van der Waals surface area contributed by atoms with Crippen LogP contribution in [0.25, 0.3) is 0 Å². The van der Waals surface area contributed by atoms with Crippen molar-refractivity contribution in [2.45, 2.75) is 6.67 Å². The second-order valence-corrected chi connectivity index (χ2v) is 4.98. The second kappa shape index (κ2) is 6.63. The van der Waals surface area contributed by atoms with Crippen molar-refractivity contribution in [2.24, 2.45) is 0 Å². The summed E-state index contributed by atoms with van der Waals surface area (Å²) in [5, 5.41) is 30.6. The number of aromatic nitrogens is 4. The molecule has 3 aromatic rings. The van der Waals surface area contributed by atoms with Crippen LogP contribution >= 0.6 is 0 Å². The summed E-state index contributed by atoms with van der Waals surface area (Å²) >= 11 is 0. The Labute approximate surface area is 141 Å². The van der Waals surface area contributed by atoms with Gasteiger partial charge in [-0.25, -0.2) is 0 Å². The maximum Gasteiger partial charge on any atom is 0.276 e. The van der Waals surface area contributed by atoms with Gasteiger partial charge in [-0.1, -0.05) is 0 Å². The van der Waals surface area contributed by atoms with Gasteiger partial charge in [-0.05, 0) is 18.2 Å². The first-order valence-electron chi connectivity index (χ1n) is 7.07. The minimum atomic E-state index is -0.608. The average Bonchev–Trinajstić information content (AvgIpc) is 3.27. The molecule has 2 heterocycles. The van der Waals surface area contributed by atoms with Gasteiger partial charge in [0.15, 0.2) is 5.69 Å². The quantitative estimate of drug-likeness (QED) is 0.556. The van der Waals surface area contributed by atoms with Gasteiger partial charge in [0.05, 0.1) is 16.2 Å². The van der Waals surface area contributed by atoms with E-state index < -0.39 is 10.8 Å². The molecule has 0 aliphatic heterocycles. The smallest absolute Gasteiger partial charge is 0.276 e. The molecule has 0 aliphatic carbocycles. The third-order valence-corrected chi connectivity index (χ3v) is 3.30. The number of benzene rings is 1. The van der Waals surface area contributed by atoms with Gasteiger partial charge in [0.25, 0.3) is 11.6 Å². The standard InChI is InChI=1S/C15H11N7O3/c16-9-11-8-12(22(24)25)2-3-13(11)18-15(23)14-4-7-21(19-14)10-20-6-1-5-17-20/h1-8H,10H2,(H,18,23). The predicted octanol–water partition coefficient (Wildman–Crippen LogP) is 1.62. The lowest BCUT2D eigenvalue weighted by Crippen LogP contribution is -2.15. The molecule has 0 spiro atoms. The second-order valence-electron chi connectivity index (χ2n) is 4.98. The van der Waals surface area contributed by atoms with Gasteiger partial charge in [0, 0.05) is 30.7 Å². The van der Waals surface area contributed by atoms with Crippen molar-refractivity contribution in [2.75, 3.05) is 5.32 Å². The van der Waals surface area contributed by atoms with E-state index >= 15 is 0 Å². The number of nitro benzene ring substituents is 1. The van der Waals surface area contributed by atoms with Crippen LogP contribution in [0.1, 0.15) is 16.1 Å². The van der Waals surface area contributed by atoms with Crippen LogP contribution in [-0.2, 0) is 6.67 Å². The molecular weight excluding hydrogens is 326 g/mol. The van der Waals surface area contributed by atoms with Gasteiger partial charge in [0.2, 0.25) is 0 Å². The number of hydrogen-bond acceptors (Lipinski definition) is 6. The number of anilines is 1. The largest absolute Gasteiger partial charge is 0.319 e. The zero-order valence-electron chi connectivity index (χ0n) is 12.7. The van der Waals surface area contributed by atoms with Crippen LogP contribution in [0.5, 0.6) is 0 Å². The van der Waals surface area contributed by atoms with E-state index in [0.29, 0.717) is 6.67 Å². The predicted molar refractivity (Wildman–Crippen MR) is 85.6 cm³/mol. The van der Waals surface area contributed by atoms with Gasteiger partial charge in [0.1, 0.15) is 12.7 Å². The van der Waals surface area contributed by atoms with Crippen molar-refractivity contribution in [1.29, 1.82) is 5.26 Å². The molecule has 1 N–H and O–H groups in total. The molecule has 1 aromatic carbocycles. The first-order chi connectivity index (χ1) is 12.1. The van der Waals surface area contributed by atoms with Gasteiger partial charge in [-0.15, -0.1) is 0 Å². The van der Waals surface area contributed by atoms with Crippen molar-refractivity contribution in [3.8, 4) is 6.07 Å². The van der Waals surface area contributed by atoms with Crippen molar-refractivity contribution in [3.05, 3.63) is 70.3 Å². The fraction of sp³-hybridized carbons (Fsp3) is 0.0667. The summed E-state index contributed by atoms with van der Waals surface area (Å²) in [6.07, 6.45) is 5.02. The first kappa shape index (κ1) is 15.9. The molecule has 0 saturated carbocycles. The zero-order valence-corrected chi connectivity index (χ0v) is 12.7. The van der Waals surface area contributed by atoms with Crippen molar-refractivity contribution in [3.63, 3.8) is 0 Å². The van der Waals surface area contributed by atoms with Crippen LogP contribution in [0.4, 0.5) is 11.4 Å². The normalized spacial score (nSPS) is 10.2. The van der Waals surface area contributed by atoms with E-state index in [1.807, 2.05) is 6.07 Å². The highest BCUT2D eigenvalue weighted by atomic mass is 16.6. The number of nitrogens with one attached hydrogen (secondary N) is 1. The lowest BCUT2D eigenvalue weighted by Gasteiger charge is -2.05. The van der Waals surface area contributed by atoms with Crippen molar-refractivity contribution >= 4 is 17.3 Å². The Balaban J connectivity index is 1.75. The lowest BCUT2D eigenvalue weighted by atomic mass is 10.1. The van der Waals surface area contributed by atoms with Crippen LogP contribution in [0.15, 0.2) is 48.9 Å². The number of rotatable bonds is 5. The molecule has 10 heteroatoms. The highest BCUT2D eigenvalue weighted by Gasteiger charge is 2.15. The third-order valence-electron chi connectivity index (χ3n) is 3.30. The van der Waals surface area contributed by atoms with E-state index in [1.165, 1.54) is 22.9 Å². The molecule has 0 atom stereocenters. The number of nitro groups is 1. The molecule has 1 amide bonds. The number of carbonyl (C=O) groups is 1. The summed E-state index contributed by atoms with van der Waals surface area (Å²) in [6, 6.07) is 8.76. The molecule has 10 nitrogen and oxygen atoms in total. The molecular formula is C15H11N7O3. The van der Waals surface area contributed by atoms with Gasteiger partial charge >= 0.3 is 0 Å². The summed E-state index contributed by atoms with van der Waals surface area (Å²) in [5.41, 5.74) is 0.102. The summed E-state index contributed by atoms with van der Waals surface area (Å²) < 4.78 is 3.17. The summed E-state index contributed by atoms with van der Waals surface area (Å²) in [6.45, 7) is 0.348. The highest BCUT2D eigenvalue weighted by Crippen LogP contribution is 2.21. The summed E-state index contributed by atoms with van der Waals surface area (Å²) in [7, 11) is 0. The fourth-order valence-electron chi connectivity index (χ4n) is 2.13. The number of amides is 1. The maximum absolute atomic E-state index is 12.3. The Morgan fingerprint density at radius 3 is 2.84 bits per heavy atom. The highest BCUT2D eigenvalue weighted by molar-refractivity contribution is 6.03. The maximum atomic E-state index is 12.3. The van der Waals surface area contributed by atoms with Crippen LogP contribution in [0, 0.1) is 21.4 Å². The number of carbonyl (C=O) groups excluding carboxylic acids is 1. The van der Waals surface area contributed by atoms with E-state index in [9.17, 15) is 14.9 Å². The van der Waals surface area contributed by atoms with E-state index in [1.54, 1.807) is 29.3 Å². The van der Waals surface area contributed by atoms with Crippen molar-refractivity contribution in [1.82, 2.24) is 19.6 Å². The van der Waals surface area contributed by atoms with E-state index in [4.69, 9.17) is 5.26 Å².